The van der Waals surface area contributed by atoms with Gasteiger partial charge in [0.15, 0.2) is 0 Å². The van der Waals surface area contributed by atoms with Crippen LogP contribution in [0.5, 0.6) is 0 Å². The van der Waals surface area contributed by atoms with Crippen LogP contribution in [0.1, 0.15) is 25.3 Å². The van der Waals surface area contributed by atoms with Crippen LogP contribution < -0.4 is 5.32 Å². The second-order valence-electron chi connectivity index (χ2n) is 5.55. The first-order chi connectivity index (χ1) is 10.1. The van der Waals surface area contributed by atoms with Crippen LogP contribution >= 0.6 is 0 Å². The zero-order valence-corrected chi connectivity index (χ0v) is 12.2. The summed E-state index contributed by atoms with van der Waals surface area (Å²) < 4.78 is 0. The third kappa shape index (κ3) is 4.17. The Hall–Kier alpha value is -2.13. The van der Waals surface area contributed by atoms with E-state index in [0.717, 1.165) is 32.1 Å². The number of hydrogen-bond acceptors (Lipinski definition) is 5. The molecular formula is C15H20N4O2. The van der Waals surface area contributed by atoms with Crippen molar-refractivity contribution in [2.24, 2.45) is 5.92 Å². The third-order valence-corrected chi connectivity index (χ3v) is 3.95. The van der Waals surface area contributed by atoms with Crippen LogP contribution in [0.15, 0.2) is 18.2 Å². The molecule has 0 spiro atoms. The molecule has 0 aromatic heterocycles. The molecule has 1 aliphatic heterocycles. The number of nitrogens with zero attached hydrogens (tertiary/aromatic N) is 3. The van der Waals surface area contributed by atoms with Gasteiger partial charge in [0.05, 0.1) is 16.2 Å². The predicted octanol–water partition coefficient (Wildman–Crippen LogP) is 2.61. The van der Waals surface area contributed by atoms with Gasteiger partial charge in [-0.15, -0.1) is 0 Å². The van der Waals surface area contributed by atoms with E-state index in [1.54, 1.807) is 6.07 Å². The first kappa shape index (κ1) is 15.3. The summed E-state index contributed by atoms with van der Waals surface area (Å²) in [7, 11) is 0. The number of nitro benzene ring substituents is 1. The van der Waals surface area contributed by atoms with Gasteiger partial charge < -0.3 is 10.2 Å². The number of benzene rings is 1. The van der Waals surface area contributed by atoms with E-state index in [-0.39, 0.29) is 5.69 Å². The van der Waals surface area contributed by atoms with Gasteiger partial charge in [-0.3, -0.25) is 10.1 Å². The van der Waals surface area contributed by atoms with Crippen LogP contribution in [0.25, 0.3) is 0 Å². The molecule has 1 fully saturated rings. The van der Waals surface area contributed by atoms with E-state index in [1.165, 1.54) is 25.0 Å². The summed E-state index contributed by atoms with van der Waals surface area (Å²) in [5, 5.41) is 23.0. The van der Waals surface area contributed by atoms with Crippen LogP contribution in [0.3, 0.4) is 0 Å². The Morgan fingerprint density at radius 2 is 2.19 bits per heavy atom. The van der Waals surface area contributed by atoms with E-state index < -0.39 is 4.92 Å². The average molecular weight is 288 g/mol. The number of hydrogen-bond donors (Lipinski definition) is 1. The van der Waals surface area contributed by atoms with Gasteiger partial charge in [-0.25, -0.2) is 0 Å². The quantitative estimate of drug-likeness (QED) is 0.665. The van der Waals surface area contributed by atoms with Crippen molar-refractivity contribution in [2.45, 2.75) is 19.8 Å². The number of non-ortho nitro benzene ring substituents is 1. The molecular weight excluding hydrogens is 268 g/mol. The minimum atomic E-state index is -0.487. The molecule has 112 valence electrons. The molecule has 1 saturated heterocycles. The fraction of sp³-hybridized carbons (Fsp3) is 0.533. The third-order valence-electron chi connectivity index (χ3n) is 3.95. The smallest absolute Gasteiger partial charge is 0.270 e. The normalized spacial score (nSPS) is 16.4. The van der Waals surface area contributed by atoms with Crippen molar-refractivity contribution in [3.8, 4) is 6.07 Å². The summed E-state index contributed by atoms with van der Waals surface area (Å²) >= 11 is 0. The van der Waals surface area contributed by atoms with Gasteiger partial charge >= 0.3 is 0 Å². The summed E-state index contributed by atoms with van der Waals surface area (Å²) in [4.78, 5) is 12.6. The summed E-state index contributed by atoms with van der Waals surface area (Å²) in [5.41, 5.74) is 0.923. The molecule has 0 amide bonds. The van der Waals surface area contributed by atoms with Crippen molar-refractivity contribution in [1.82, 2.24) is 4.90 Å². The van der Waals surface area contributed by atoms with Gasteiger partial charge in [-0.05, 0) is 37.9 Å². The predicted molar refractivity (Wildman–Crippen MR) is 81.1 cm³/mol. The lowest BCUT2D eigenvalue weighted by atomic mass is 9.99. The second-order valence-corrected chi connectivity index (χ2v) is 5.55. The molecule has 1 aromatic carbocycles. The van der Waals surface area contributed by atoms with Crippen LogP contribution in [0.2, 0.25) is 0 Å². The molecule has 0 saturated carbocycles. The van der Waals surface area contributed by atoms with Crippen molar-refractivity contribution in [3.63, 3.8) is 0 Å². The van der Waals surface area contributed by atoms with Crippen molar-refractivity contribution in [1.29, 1.82) is 5.26 Å². The maximum Gasteiger partial charge on any atom is 0.270 e. The van der Waals surface area contributed by atoms with E-state index in [1.807, 2.05) is 6.07 Å². The summed E-state index contributed by atoms with van der Waals surface area (Å²) in [6.45, 7) is 6.18. The molecule has 1 N–H and O–H groups in total. The zero-order valence-electron chi connectivity index (χ0n) is 12.2. The number of likely N-dealkylation sites (tertiary alicyclic amines) is 1. The van der Waals surface area contributed by atoms with Gasteiger partial charge in [0.2, 0.25) is 0 Å². The van der Waals surface area contributed by atoms with E-state index in [0.29, 0.717) is 11.3 Å². The van der Waals surface area contributed by atoms with Crippen molar-refractivity contribution in [2.75, 3.05) is 31.5 Å². The Morgan fingerprint density at radius 1 is 1.48 bits per heavy atom. The maximum absolute atomic E-state index is 10.7. The summed E-state index contributed by atoms with van der Waals surface area (Å²) in [5.74, 6) is 0.814. The number of nitriles is 1. The molecule has 0 unspecified atom stereocenters. The van der Waals surface area contributed by atoms with Gasteiger partial charge in [0.1, 0.15) is 6.07 Å². The number of rotatable bonds is 5. The first-order valence-corrected chi connectivity index (χ1v) is 7.25. The Bertz CT molecular complexity index is 545. The lowest BCUT2D eigenvalue weighted by molar-refractivity contribution is -0.384. The molecule has 0 bridgehead atoms. The van der Waals surface area contributed by atoms with Crippen molar-refractivity contribution < 1.29 is 4.92 Å². The van der Waals surface area contributed by atoms with E-state index in [9.17, 15) is 10.1 Å². The lowest BCUT2D eigenvalue weighted by Gasteiger charge is -2.30. The number of nitrogens with one attached hydrogen (secondary N) is 1. The highest BCUT2D eigenvalue weighted by Crippen LogP contribution is 2.21. The van der Waals surface area contributed by atoms with E-state index >= 15 is 0 Å². The average Bonchev–Trinajstić information content (AvgIpc) is 2.49. The maximum atomic E-state index is 10.7. The summed E-state index contributed by atoms with van der Waals surface area (Å²) in [6.07, 6.45) is 2.47. The van der Waals surface area contributed by atoms with Crippen LogP contribution in [-0.2, 0) is 0 Å². The largest absolute Gasteiger partial charge is 0.383 e. The van der Waals surface area contributed by atoms with Crippen LogP contribution in [-0.4, -0.2) is 36.0 Å². The lowest BCUT2D eigenvalue weighted by Crippen LogP contribution is -2.36. The fourth-order valence-corrected chi connectivity index (χ4v) is 2.53. The Labute approximate surface area is 124 Å². The first-order valence-electron chi connectivity index (χ1n) is 7.25. The van der Waals surface area contributed by atoms with Gasteiger partial charge in [-0.1, -0.05) is 6.92 Å². The molecule has 1 heterocycles. The minimum Gasteiger partial charge on any atom is -0.383 e. The highest BCUT2D eigenvalue weighted by atomic mass is 16.6. The van der Waals surface area contributed by atoms with Gasteiger partial charge in [-0.2, -0.15) is 5.26 Å². The van der Waals surface area contributed by atoms with Gasteiger partial charge in [0.25, 0.3) is 5.69 Å². The molecule has 0 radical (unpaired) electrons. The Balaban J connectivity index is 1.88. The Kier molecular flexibility index (Phi) is 5.12. The van der Waals surface area contributed by atoms with E-state index in [2.05, 4.69) is 17.1 Å². The van der Waals surface area contributed by atoms with Gasteiger partial charge in [0, 0.05) is 25.2 Å². The Morgan fingerprint density at radius 3 is 2.81 bits per heavy atom. The second kappa shape index (κ2) is 7.04. The number of nitro groups is 1. The van der Waals surface area contributed by atoms with Crippen LogP contribution in [0, 0.1) is 27.4 Å². The number of piperidine rings is 1. The fourth-order valence-electron chi connectivity index (χ4n) is 2.53. The monoisotopic (exact) mass is 288 g/mol. The number of anilines is 1. The molecule has 6 heteroatoms. The van der Waals surface area contributed by atoms with E-state index in [4.69, 9.17) is 5.26 Å². The highest BCUT2D eigenvalue weighted by molar-refractivity contribution is 5.61. The summed E-state index contributed by atoms with van der Waals surface area (Å²) in [6, 6.07) is 6.34. The molecule has 6 nitrogen and oxygen atoms in total. The SMILES string of the molecule is CC1CCN(CCNc2ccc([N+](=O)[O-])cc2C#N)CC1. The van der Waals surface area contributed by atoms with Crippen molar-refractivity contribution >= 4 is 11.4 Å². The van der Waals surface area contributed by atoms with Crippen molar-refractivity contribution in [3.05, 3.63) is 33.9 Å². The molecule has 0 aliphatic carbocycles. The molecule has 2 rings (SSSR count). The standard InChI is InChI=1S/C15H20N4O2/c1-12-4-7-18(8-5-12)9-6-17-15-3-2-14(19(20)21)10-13(15)11-16/h2-3,10,12,17H,4-9H2,1H3. The molecule has 1 aliphatic rings. The molecule has 0 atom stereocenters. The topological polar surface area (TPSA) is 82.2 Å². The van der Waals surface area contributed by atoms with Crippen LogP contribution in [0.4, 0.5) is 11.4 Å². The molecule has 1 aromatic rings. The highest BCUT2D eigenvalue weighted by Gasteiger charge is 2.15. The molecule has 21 heavy (non-hydrogen) atoms. The zero-order chi connectivity index (χ0) is 15.2. The minimum absolute atomic E-state index is 0.0536.